The van der Waals surface area contributed by atoms with Crippen LogP contribution < -0.4 is 5.32 Å². The Balaban J connectivity index is 2.57. The Morgan fingerprint density at radius 1 is 1.50 bits per heavy atom. The normalized spacial score (nSPS) is 13.4. The van der Waals surface area contributed by atoms with Crippen molar-refractivity contribution < 1.29 is 17.9 Å². The molecule has 1 aromatic heterocycles. The Kier molecular flexibility index (Phi) is 5.68. The third-order valence-electron chi connectivity index (χ3n) is 2.21. The fourth-order valence-electron chi connectivity index (χ4n) is 1.39. The summed E-state index contributed by atoms with van der Waals surface area (Å²) in [6, 6.07) is 2.24. The van der Waals surface area contributed by atoms with Crippen LogP contribution in [-0.2, 0) is 10.9 Å². The van der Waals surface area contributed by atoms with Crippen LogP contribution in [0.15, 0.2) is 18.3 Å². The van der Waals surface area contributed by atoms with Gasteiger partial charge in [0.2, 0.25) is 0 Å². The topological polar surface area (TPSA) is 34.1 Å². The van der Waals surface area contributed by atoms with Gasteiger partial charge in [-0.15, -0.1) is 11.6 Å². The Morgan fingerprint density at radius 2 is 2.22 bits per heavy atom. The summed E-state index contributed by atoms with van der Waals surface area (Å²) in [7, 11) is 1.52. The number of alkyl halides is 4. The van der Waals surface area contributed by atoms with Crippen LogP contribution in [0.4, 0.5) is 19.0 Å². The second-order valence-corrected chi connectivity index (χ2v) is 4.28. The summed E-state index contributed by atoms with van der Waals surface area (Å²) >= 11 is 5.87. The van der Waals surface area contributed by atoms with Crippen molar-refractivity contribution in [3.8, 4) is 0 Å². The van der Waals surface area contributed by atoms with Crippen molar-refractivity contribution in [3.05, 3.63) is 23.9 Å². The number of nitrogens with one attached hydrogen (secondary N) is 1. The maximum atomic E-state index is 12.6. The van der Waals surface area contributed by atoms with E-state index in [0.29, 0.717) is 19.6 Å². The quantitative estimate of drug-likeness (QED) is 0.814. The van der Waals surface area contributed by atoms with Crippen molar-refractivity contribution in [2.75, 3.05) is 25.6 Å². The first-order valence-electron chi connectivity index (χ1n) is 5.34. The fourth-order valence-corrected chi connectivity index (χ4v) is 1.62. The van der Waals surface area contributed by atoms with Gasteiger partial charge in [-0.3, -0.25) is 0 Å². The highest BCUT2D eigenvalue weighted by atomic mass is 35.5. The minimum Gasteiger partial charge on any atom is -0.383 e. The monoisotopic (exact) mass is 282 g/mol. The van der Waals surface area contributed by atoms with Gasteiger partial charge in [-0.1, -0.05) is 0 Å². The Labute approximate surface area is 108 Å². The highest BCUT2D eigenvalue weighted by Crippen LogP contribution is 2.33. The van der Waals surface area contributed by atoms with E-state index in [1.807, 2.05) is 0 Å². The molecular formula is C11H14ClF3N2O. The summed E-state index contributed by atoms with van der Waals surface area (Å²) in [5.41, 5.74) is -0.775. The van der Waals surface area contributed by atoms with E-state index in [2.05, 4.69) is 10.3 Å². The van der Waals surface area contributed by atoms with Gasteiger partial charge in [0, 0.05) is 19.9 Å². The number of hydrogen-bond acceptors (Lipinski definition) is 3. The van der Waals surface area contributed by atoms with E-state index >= 15 is 0 Å². The van der Waals surface area contributed by atoms with Crippen molar-refractivity contribution >= 4 is 17.4 Å². The van der Waals surface area contributed by atoms with Crippen LogP contribution in [0.3, 0.4) is 0 Å². The van der Waals surface area contributed by atoms with Gasteiger partial charge in [0.15, 0.2) is 0 Å². The van der Waals surface area contributed by atoms with E-state index in [0.717, 1.165) is 6.07 Å². The van der Waals surface area contributed by atoms with E-state index in [1.54, 1.807) is 0 Å². The third kappa shape index (κ3) is 4.70. The van der Waals surface area contributed by atoms with Crippen molar-refractivity contribution in [3.63, 3.8) is 0 Å². The van der Waals surface area contributed by atoms with Gasteiger partial charge >= 0.3 is 6.18 Å². The molecule has 0 bridgehead atoms. The largest absolute Gasteiger partial charge is 0.419 e. The van der Waals surface area contributed by atoms with Crippen molar-refractivity contribution in [1.82, 2.24) is 4.98 Å². The molecule has 102 valence electrons. The lowest BCUT2D eigenvalue weighted by atomic mass is 10.2. The summed E-state index contributed by atoms with van der Waals surface area (Å²) in [4.78, 5) is 3.68. The maximum absolute atomic E-state index is 12.6. The molecule has 0 fully saturated rings. The van der Waals surface area contributed by atoms with Gasteiger partial charge in [0.25, 0.3) is 0 Å². The maximum Gasteiger partial charge on any atom is 0.419 e. The lowest BCUT2D eigenvalue weighted by molar-refractivity contribution is -0.137. The molecule has 7 heteroatoms. The molecular weight excluding hydrogens is 269 g/mol. The molecule has 1 unspecified atom stereocenters. The van der Waals surface area contributed by atoms with Crippen LogP contribution in [0.2, 0.25) is 0 Å². The van der Waals surface area contributed by atoms with Crippen LogP contribution in [-0.4, -0.2) is 30.6 Å². The molecule has 0 amide bonds. The molecule has 0 spiro atoms. The van der Waals surface area contributed by atoms with Crippen LogP contribution in [0, 0.1) is 0 Å². The molecule has 0 radical (unpaired) electrons. The van der Waals surface area contributed by atoms with Gasteiger partial charge < -0.3 is 10.1 Å². The average Bonchev–Trinajstić information content (AvgIpc) is 2.28. The van der Waals surface area contributed by atoms with Crippen LogP contribution in [0.5, 0.6) is 0 Å². The van der Waals surface area contributed by atoms with Crippen molar-refractivity contribution in [1.29, 1.82) is 0 Å². The van der Waals surface area contributed by atoms with E-state index in [1.165, 1.54) is 19.4 Å². The van der Waals surface area contributed by atoms with Gasteiger partial charge in [-0.05, 0) is 18.6 Å². The number of aromatic nitrogens is 1. The zero-order valence-corrected chi connectivity index (χ0v) is 10.6. The van der Waals surface area contributed by atoms with Crippen LogP contribution in [0.25, 0.3) is 0 Å². The first kappa shape index (κ1) is 15.0. The second kappa shape index (κ2) is 6.80. The van der Waals surface area contributed by atoms with Gasteiger partial charge in [0.05, 0.1) is 17.5 Å². The molecule has 0 saturated carbocycles. The third-order valence-corrected chi connectivity index (χ3v) is 2.55. The predicted molar refractivity (Wildman–Crippen MR) is 63.9 cm³/mol. The van der Waals surface area contributed by atoms with Crippen molar-refractivity contribution in [2.24, 2.45) is 0 Å². The molecule has 0 aliphatic carbocycles. The van der Waals surface area contributed by atoms with Gasteiger partial charge in [-0.2, -0.15) is 13.2 Å². The zero-order valence-electron chi connectivity index (χ0n) is 9.80. The first-order valence-corrected chi connectivity index (χ1v) is 5.78. The summed E-state index contributed by atoms with van der Waals surface area (Å²) in [5.74, 6) is -0.175. The number of methoxy groups -OCH3 is 1. The number of halogens is 4. The lowest BCUT2D eigenvalue weighted by Gasteiger charge is -2.14. The van der Waals surface area contributed by atoms with Crippen LogP contribution >= 0.6 is 11.6 Å². The molecule has 3 nitrogen and oxygen atoms in total. The molecule has 0 aromatic carbocycles. The molecule has 0 aliphatic heterocycles. The minimum atomic E-state index is -4.41. The number of pyridine rings is 1. The SMILES string of the molecule is COCC(Cl)CCNc1ncccc1C(F)(F)F. The molecule has 1 atom stereocenters. The van der Waals surface area contributed by atoms with E-state index < -0.39 is 11.7 Å². The predicted octanol–water partition coefficient (Wildman–Crippen LogP) is 3.16. The van der Waals surface area contributed by atoms with Gasteiger partial charge in [-0.25, -0.2) is 4.98 Å². The average molecular weight is 283 g/mol. The summed E-state index contributed by atoms with van der Waals surface area (Å²) in [6.45, 7) is 0.662. The Bertz CT molecular complexity index is 374. The Hall–Kier alpha value is -1.01. The van der Waals surface area contributed by atoms with E-state index in [4.69, 9.17) is 16.3 Å². The summed E-state index contributed by atoms with van der Waals surface area (Å²) in [6.07, 6.45) is -2.61. The smallest absolute Gasteiger partial charge is 0.383 e. The molecule has 0 aliphatic rings. The van der Waals surface area contributed by atoms with Gasteiger partial charge in [0.1, 0.15) is 5.82 Å². The van der Waals surface area contributed by atoms with E-state index in [-0.39, 0.29) is 11.2 Å². The summed E-state index contributed by atoms with van der Waals surface area (Å²) in [5, 5.41) is 2.40. The first-order chi connectivity index (χ1) is 8.45. The number of nitrogens with zero attached hydrogens (tertiary/aromatic N) is 1. The second-order valence-electron chi connectivity index (χ2n) is 3.67. The summed E-state index contributed by atoms with van der Waals surface area (Å²) < 4.78 is 42.7. The molecule has 0 saturated heterocycles. The number of anilines is 1. The standard InChI is InChI=1S/C11H14ClF3N2O/c1-18-7-8(12)4-6-17-10-9(11(13,14)15)3-2-5-16-10/h2-3,5,8H,4,6-7H2,1H3,(H,16,17). The molecule has 1 heterocycles. The minimum absolute atomic E-state index is 0.175. The fraction of sp³-hybridized carbons (Fsp3) is 0.545. The molecule has 1 N–H and O–H groups in total. The number of ether oxygens (including phenoxy) is 1. The molecule has 18 heavy (non-hydrogen) atoms. The molecule has 1 rings (SSSR count). The molecule has 1 aromatic rings. The Morgan fingerprint density at radius 3 is 2.83 bits per heavy atom. The van der Waals surface area contributed by atoms with Crippen molar-refractivity contribution in [2.45, 2.75) is 18.0 Å². The highest BCUT2D eigenvalue weighted by Gasteiger charge is 2.33. The highest BCUT2D eigenvalue weighted by molar-refractivity contribution is 6.20. The zero-order chi connectivity index (χ0) is 13.6. The van der Waals surface area contributed by atoms with Crippen LogP contribution in [0.1, 0.15) is 12.0 Å². The number of hydrogen-bond donors (Lipinski definition) is 1. The number of rotatable bonds is 6. The lowest BCUT2D eigenvalue weighted by Crippen LogP contribution is -2.16. The van der Waals surface area contributed by atoms with E-state index in [9.17, 15) is 13.2 Å².